The summed E-state index contributed by atoms with van der Waals surface area (Å²) in [6.45, 7) is 0. The van der Waals surface area contributed by atoms with Gasteiger partial charge >= 0.3 is 0 Å². The third-order valence-electron chi connectivity index (χ3n) is 4.65. The van der Waals surface area contributed by atoms with Gasteiger partial charge in [-0.3, -0.25) is 0 Å². The van der Waals surface area contributed by atoms with Crippen molar-refractivity contribution in [1.29, 1.82) is 0 Å². The molecule has 0 saturated heterocycles. The summed E-state index contributed by atoms with van der Waals surface area (Å²) >= 11 is 5.95. The lowest BCUT2D eigenvalue weighted by molar-refractivity contribution is 1.02. The predicted octanol–water partition coefficient (Wildman–Crippen LogP) is 4.67. The molecule has 0 spiro atoms. The van der Waals surface area contributed by atoms with Crippen molar-refractivity contribution in [2.45, 2.75) is 12.8 Å². The first kappa shape index (κ1) is 15.0. The zero-order chi connectivity index (χ0) is 16.7. The number of nitrogens with zero attached hydrogens (tertiary/aromatic N) is 2. The molecule has 4 rings (SSSR count). The van der Waals surface area contributed by atoms with Gasteiger partial charge in [0.1, 0.15) is 0 Å². The van der Waals surface area contributed by atoms with Gasteiger partial charge in [-0.15, -0.1) is 0 Å². The summed E-state index contributed by atoms with van der Waals surface area (Å²) in [5.74, 6) is 0.455. The predicted molar refractivity (Wildman–Crippen MR) is 102 cm³/mol. The molecule has 0 aliphatic heterocycles. The number of hydrogen-bond donors (Lipinski definition) is 1. The second-order valence-corrected chi connectivity index (χ2v) is 6.53. The number of rotatable bonds is 2. The molecule has 0 amide bonds. The number of nitrogens with two attached hydrogens (primary N) is 1. The van der Waals surface area contributed by atoms with Gasteiger partial charge in [-0.05, 0) is 59.7 Å². The maximum Gasteiger partial charge on any atom is 0.200 e. The number of aryl methyl sites for hydroxylation is 2. The van der Waals surface area contributed by atoms with Crippen LogP contribution in [0.1, 0.15) is 11.1 Å². The van der Waals surface area contributed by atoms with Crippen molar-refractivity contribution in [3.05, 3.63) is 70.7 Å². The van der Waals surface area contributed by atoms with Crippen LogP contribution in [0, 0.1) is 0 Å². The Labute approximate surface area is 146 Å². The third kappa shape index (κ3) is 2.51. The molecule has 0 radical (unpaired) electrons. The van der Waals surface area contributed by atoms with E-state index in [1.54, 1.807) is 0 Å². The molecular weight excluding hydrogens is 318 g/mol. The first-order valence-corrected chi connectivity index (χ1v) is 8.38. The third-order valence-corrected chi connectivity index (χ3v) is 4.90. The highest BCUT2D eigenvalue weighted by Gasteiger charge is 2.16. The lowest BCUT2D eigenvalue weighted by Crippen LogP contribution is -2.33. The summed E-state index contributed by atoms with van der Waals surface area (Å²) in [6, 6.07) is 18.2. The topological polar surface area (TPSA) is 41.6 Å². The molecule has 3 nitrogen and oxygen atoms in total. The number of aliphatic imine (C=N–C) groups is 1. The molecule has 0 bridgehead atoms. The molecule has 120 valence electrons. The van der Waals surface area contributed by atoms with E-state index in [1.165, 1.54) is 21.9 Å². The van der Waals surface area contributed by atoms with Gasteiger partial charge < -0.3 is 10.6 Å². The first-order valence-electron chi connectivity index (χ1n) is 8.00. The fourth-order valence-corrected chi connectivity index (χ4v) is 3.45. The molecule has 0 aromatic heterocycles. The van der Waals surface area contributed by atoms with Crippen LogP contribution in [-0.4, -0.2) is 13.0 Å². The first-order chi connectivity index (χ1) is 11.6. The second kappa shape index (κ2) is 5.84. The Hall–Kier alpha value is -2.52. The van der Waals surface area contributed by atoms with Crippen LogP contribution in [0.5, 0.6) is 0 Å². The van der Waals surface area contributed by atoms with Crippen LogP contribution in [-0.2, 0) is 12.8 Å². The average molecular weight is 336 g/mol. The molecule has 24 heavy (non-hydrogen) atoms. The van der Waals surface area contributed by atoms with E-state index < -0.39 is 0 Å². The highest BCUT2D eigenvalue weighted by molar-refractivity contribution is 6.30. The maximum absolute atomic E-state index is 6.25. The smallest absolute Gasteiger partial charge is 0.200 e. The number of anilines is 1. The van der Waals surface area contributed by atoms with Crippen LogP contribution in [0.15, 0.2) is 59.6 Å². The summed E-state index contributed by atoms with van der Waals surface area (Å²) in [5.41, 5.74) is 10.9. The van der Waals surface area contributed by atoms with Gasteiger partial charge in [-0.2, -0.15) is 0 Å². The Morgan fingerprint density at radius 2 is 1.71 bits per heavy atom. The van der Waals surface area contributed by atoms with Gasteiger partial charge in [0.2, 0.25) is 5.96 Å². The van der Waals surface area contributed by atoms with E-state index in [-0.39, 0.29) is 0 Å². The molecule has 3 aromatic carbocycles. The minimum atomic E-state index is 0.455. The summed E-state index contributed by atoms with van der Waals surface area (Å²) in [5, 5.41) is 3.23. The van der Waals surface area contributed by atoms with Crippen molar-refractivity contribution in [3.63, 3.8) is 0 Å². The highest BCUT2D eigenvalue weighted by atomic mass is 35.5. The van der Waals surface area contributed by atoms with E-state index in [1.807, 2.05) is 36.2 Å². The van der Waals surface area contributed by atoms with E-state index in [0.29, 0.717) is 11.0 Å². The molecular formula is C20H18ClN3. The number of benzene rings is 3. The van der Waals surface area contributed by atoms with E-state index >= 15 is 0 Å². The van der Waals surface area contributed by atoms with Crippen molar-refractivity contribution >= 4 is 39.7 Å². The molecule has 0 heterocycles. The van der Waals surface area contributed by atoms with Crippen LogP contribution < -0.4 is 10.6 Å². The van der Waals surface area contributed by atoms with Gasteiger partial charge in [0, 0.05) is 23.1 Å². The van der Waals surface area contributed by atoms with Gasteiger partial charge in [0.15, 0.2) is 0 Å². The lowest BCUT2D eigenvalue weighted by Gasteiger charge is -2.18. The Morgan fingerprint density at radius 3 is 2.46 bits per heavy atom. The van der Waals surface area contributed by atoms with Crippen molar-refractivity contribution in [2.75, 3.05) is 11.9 Å². The number of guanidine groups is 1. The van der Waals surface area contributed by atoms with Crippen molar-refractivity contribution in [3.8, 4) is 0 Å². The van der Waals surface area contributed by atoms with Gasteiger partial charge in [0.05, 0.1) is 5.69 Å². The van der Waals surface area contributed by atoms with E-state index in [4.69, 9.17) is 17.3 Å². The minimum Gasteiger partial charge on any atom is -0.369 e. The summed E-state index contributed by atoms with van der Waals surface area (Å²) in [6.07, 6.45) is 2.22. The van der Waals surface area contributed by atoms with Crippen molar-refractivity contribution in [2.24, 2.45) is 10.7 Å². The number of halogens is 1. The SMILES string of the molecule is CN(C(N)=Nc1ccc2c3c(cccc13)CC2)c1ccc(Cl)cc1. The zero-order valence-electron chi connectivity index (χ0n) is 13.5. The molecule has 0 atom stereocenters. The molecule has 0 saturated carbocycles. The Bertz CT molecular complexity index is 935. The second-order valence-electron chi connectivity index (χ2n) is 6.09. The lowest BCUT2D eigenvalue weighted by atomic mass is 10.0. The average Bonchev–Trinajstić information content (AvgIpc) is 3.02. The Balaban J connectivity index is 1.75. The van der Waals surface area contributed by atoms with Gasteiger partial charge in [-0.1, -0.05) is 35.9 Å². The zero-order valence-corrected chi connectivity index (χ0v) is 14.2. The molecule has 3 aromatic rings. The maximum atomic E-state index is 6.25. The van der Waals surface area contributed by atoms with Crippen LogP contribution in [0.25, 0.3) is 10.8 Å². The van der Waals surface area contributed by atoms with Crippen molar-refractivity contribution in [1.82, 2.24) is 0 Å². The molecule has 0 fully saturated rings. The van der Waals surface area contributed by atoms with Crippen molar-refractivity contribution < 1.29 is 0 Å². The molecule has 4 heteroatoms. The Morgan fingerprint density at radius 1 is 1.00 bits per heavy atom. The summed E-state index contributed by atoms with van der Waals surface area (Å²) < 4.78 is 0. The normalized spacial score (nSPS) is 13.5. The molecule has 1 aliphatic rings. The van der Waals surface area contributed by atoms with Gasteiger partial charge in [0.25, 0.3) is 0 Å². The largest absolute Gasteiger partial charge is 0.369 e. The summed E-state index contributed by atoms with van der Waals surface area (Å²) in [7, 11) is 1.90. The highest BCUT2D eigenvalue weighted by Crippen LogP contribution is 2.36. The fourth-order valence-electron chi connectivity index (χ4n) is 3.32. The van der Waals surface area contributed by atoms with Crippen LogP contribution in [0.4, 0.5) is 11.4 Å². The van der Waals surface area contributed by atoms with Crippen LogP contribution in [0.2, 0.25) is 5.02 Å². The summed E-state index contributed by atoms with van der Waals surface area (Å²) in [4.78, 5) is 6.54. The van der Waals surface area contributed by atoms with E-state index in [2.05, 4.69) is 35.3 Å². The monoisotopic (exact) mass is 335 g/mol. The Kier molecular flexibility index (Phi) is 3.66. The van der Waals surface area contributed by atoms with E-state index in [0.717, 1.165) is 24.2 Å². The molecule has 2 N–H and O–H groups in total. The number of hydrogen-bond acceptors (Lipinski definition) is 1. The van der Waals surface area contributed by atoms with Crippen LogP contribution in [0.3, 0.4) is 0 Å². The molecule has 0 unspecified atom stereocenters. The quantitative estimate of drug-likeness (QED) is 0.546. The minimum absolute atomic E-state index is 0.455. The van der Waals surface area contributed by atoms with Gasteiger partial charge in [-0.25, -0.2) is 4.99 Å². The standard InChI is InChI=1S/C20H18ClN3/c1-24(16-10-8-15(21)9-11-16)20(22)23-18-12-7-14-6-5-13-3-2-4-17(18)19(13)14/h2-4,7-12H,5-6H2,1H3,(H2,22,23). The van der Waals surface area contributed by atoms with E-state index in [9.17, 15) is 0 Å². The van der Waals surface area contributed by atoms with Crippen LogP contribution >= 0.6 is 11.6 Å². The fraction of sp³-hybridized carbons (Fsp3) is 0.150. The molecule has 1 aliphatic carbocycles.